The van der Waals surface area contributed by atoms with Gasteiger partial charge in [-0.25, -0.2) is 13.8 Å². The van der Waals surface area contributed by atoms with Crippen LogP contribution in [0.15, 0.2) is 30.3 Å². The van der Waals surface area contributed by atoms with E-state index in [2.05, 4.69) is 10.3 Å². The third-order valence-electron chi connectivity index (χ3n) is 2.27. The minimum atomic E-state index is -0.985. The van der Waals surface area contributed by atoms with Crippen molar-refractivity contribution in [1.29, 1.82) is 0 Å². The summed E-state index contributed by atoms with van der Waals surface area (Å²) >= 11 is 5.64. The Labute approximate surface area is 112 Å². The van der Waals surface area contributed by atoms with Crippen LogP contribution in [0.4, 0.5) is 20.3 Å². The van der Waals surface area contributed by atoms with Gasteiger partial charge < -0.3 is 11.1 Å². The molecule has 0 saturated heterocycles. The van der Waals surface area contributed by atoms with Crippen LogP contribution >= 0.6 is 11.6 Å². The summed E-state index contributed by atoms with van der Waals surface area (Å²) in [5.74, 6) is -2.53. The number of nitrogens with zero attached hydrogens (tertiary/aromatic N) is 1. The quantitative estimate of drug-likeness (QED) is 0.658. The Bertz CT molecular complexity index is 649. The third-order valence-corrected chi connectivity index (χ3v) is 2.48. The van der Waals surface area contributed by atoms with Gasteiger partial charge in [0.25, 0.3) is 5.91 Å². The molecule has 3 N–H and O–H groups in total. The average molecular weight is 284 g/mol. The summed E-state index contributed by atoms with van der Waals surface area (Å²) < 4.78 is 26.7. The fourth-order valence-corrected chi connectivity index (χ4v) is 1.60. The number of hydrogen-bond acceptors (Lipinski definition) is 3. The molecular formula is C12H8ClF2N3O. The zero-order valence-corrected chi connectivity index (χ0v) is 10.2. The second kappa shape index (κ2) is 5.19. The standard InChI is InChI=1S/C12H8ClF2N3O/c13-9-2-1-3-10(17-9)18-12(19)7-4-6(14)5-8(16)11(7)15/h1-5H,16H2,(H,17,18,19). The van der Waals surface area contributed by atoms with E-state index in [-0.39, 0.29) is 11.0 Å². The van der Waals surface area contributed by atoms with E-state index >= 15 is 0 Å². The number of anilines is 2. The molecule has 0 fully saturated rings. The van der Waals surface area contributed by atoms with Gasteiger partial charge >= 0.3 is 0 Å². The number of nitrogen functional groups attached to an aromatic ring is 1. The number of aromatic nitrogens is 1. The molecule has 2 aromatic rings. The molecule has 7 heteroatoms. The van der Waals surface area contributed by atoms with Crippen LogP contribution in [0.25, 0.3) is 0 Å². The van der Waals surface area contributed by atoms with Crippen molar-refractivity contribution in [3.63, 3.8) is 0 Å². The van der Waals surface area contributed by atoms with E-state index in [1.54, 1.807) is 6.07 Å². The van der Waals surface area contributed by atoms with Crippen molar-refractivity contribution < 1.29 is 13.6 Å². The molecule has 98 valence electrons. The molecule has 0 radical (unpaired) electrons. The first-order chi connectivity index (χ1) is 8.97. The summed E-state index contributed by atoms with van der Waals surface area (Å²) in [5, 5.41) is 2.46. The maximum absolute atomic E-state index is 13.6. The molecule has 0 aliphatic rings. The molecular weight excluding hydrogens is 276 g/mol. The highest BCUT2D eigenvalue weighted by atomic mass is 35.5. The number of hydrogen-bond donors (Lipinski definition) is 2. The van der Waals surface area contributed by atoms with Crippen LogP contribution in [0.5, 0.6) is 0 Å². The Morgan fingerprint density at radius 1 is 1.32 bits per heavy atom. The van der Waals surface area contributed by atoms with Gasteiger partial charge in [0.05, 0.1) is 11.3 Å². The monoisotopic (exact) mass is 283 g/mol. The Kier molecular flexibility index (Phi) is 3.62. The molecule has 19 heavy (non-hydrogen) atoms. The van der Waals surface area contributed by atoms with E-state index < -0.39 is 28.8 Å². The fraction of sp³-hybridized carbons (Fsp3) is 0. The van der Waals surface area contributed by atoms with Crippen LogP contribution in [0.2, 0.25) is 5.15 Å². The van der Waals surface area contributed by atoms with E-state index in [1.807, 2.05) is 0 Å². The van der Waals surface area contributed by atoms with E-state index in [0.717, 1.165) is 12.1 Å². The summed E-state index contributed by atoms with van der Waals surface area (Å²) in [6.45, 7) is 0. The second-order valence-electron chi connectivity index (χ2n) is 3.66. The predicted molar refractivity (Wildman–Crippen MR) is 68.0 cm³/mol. The first kappa shape index (κ1) is 13.2. The normalized spacial score (nSPS) is 10.3. The van der Waals surface area contributed by atoms with Crippen molar-refractivity contribution in [2.75, 3.05) is 11.1 Å². The molecule has 1 aromatic heterocycles. The van der Waals surface area contributed by atoms with Gasteiger partial charge in [0.2, 0.25) is 0 Å². The topological polar surface area (TPSA) is 68.0 Å². The first-order valence-electron chi connectivity index (χ1n) is 5.16. The van der Waals surface area contributed by atoms with Crippen molar-refractivity contribution in [3.05, 3.63) is 52.7 Å². The Balaban J connectivity index is 2.30. The molecule has 0 aliphatic carbocycles. The van der Waals surface area contributed by atoms with Gasteiger partial charge in [0, 0.05) is 0 Å². The Morgan fingerprint density at radius 3 is 2.74 bits per heavy atom. The molecule has 0 atom stereocenters. The first-order valence-corrected chi connectivity index (χ1v) is 5.53. The minimum absolute atomic E-state index is 0.125. The molecule has 2 rings (SSSR count). The molecule has 1 heterocycles. The number of amides is 1. The minimum Gasteiger partial charge on any atom is -0.396 e. The lowest BCUT2D eigenvalue weighted by atomic mass is 10.1. The number of rotatable bonds is 2. The summed E-state index contributed by atoms with van der Waals surface area (Å²) in [5.41, 5.74) is 4.30. The summed E-state index contributed by atoms with van der Waals surface area (Å²) in [6, 6.07) is 6.08. The summed E-state index contributed by atoms with van der Waals surface area (Å²) in [4.78, 5) is 15.6. The molecule has 1 aromatic carbocycles. The number of nitrogens with two attached hydrogens (primary N) is 1. The fourth-order valence-electron chi connectivity index (χ4n) is 1.44. The molecule has 4 nitrogen and oxygen atoms in total. The maximum atomic E-state index is 13.6. The van der Waals surface area contributed by atoms with Gasteiger partial charge in [0.1, 0.15) is 16.8 Å². The number of halogens is 3. The highest BCUT2D eigenvalue weighted by Crippen LogP contribution is 2.19. The lowest BCUT2D eigenvalue weighted by Crippen LogP contribution is -2.16. The van der Waals surface area contributed by atoms with E-state index in [0.29, 0.717) is 0 Å². The number of benzene rings is 1. The van der Waals surface area contributed by atoms with Gasteiger partial charge in [-0.2, -0.15) is 0 Å². The highest BCUT2D eigenvalue weighted by Gasteiger charge is 2.16. The third kappa shape index (κ3) is 2.97. The molecule has 0 spiro atoms. The van der Waals surface area contributed by atoms with Crippen LogP contribution in [0.3, 0.4) is 0 Å². The predicted octanol–water partition coefficient (Wildman–Crippen LogP) is 2.85. The smallest absolute Gasteiger partial charge is 0.259 e. The SMILES string of the molecule is Nc1cc(F)cc(C(=O)Nc2cccc(Cl)n2)c1F. The molecule has 0 unspecified atom stereocenters. The van der Waals surface area contributed by atoms with Gasteiger partial charge in [0.15, 0.2) is 5.82 Å². The van der Waals surface area contributed by atoms with Crippen LogP contribution < -0.4 is 11.1 Å². The van der Waals surface area contributed by atoms with E-state index in [1.165, 1.54) is 12.1 Å². The number of carbonyl (C=O) groups is 1. The van der Waals surface area contributed by atoms with Crippen molar-refractivity contribution in [2.45, 2.75) is 0 Å². The zero-order valence-electron chi connectivity index (χ0n) is 9.45. The van der Waals surface area contributed by atoms with E-state index in [9.17, 15) is 13.6 Å². The highest BCUT2D eigenvalue weighted by molar-refractivity contribution is 6.29. The summed E-state index contributed by atoms with van der Waals surface area (Å²) in [7, 11) is 0. The number of nitrogens with one attached hydrogen (secondary N) is 1. The van der Waals surface area contributed by atoms with Crippen LogP contribution in [0, 0.1) is 11.6 Å². The van der Waals surface area contributed by atoms with Crippen molar-refractivity contribution >= 4 is 29.0 Å². The van der Waals surface area contributed by atoms with Gasteiger partial charge in [-0.1, -0.05) is 17.7 Å². The molecule has 0 aliphatic heterocycles. The van der Waals surface area contributed by atoms with Gasteiger partial charge in [-0.15, -0.1) is 0 Å². The maximum Gasteiger partial charge on any atom is 0.259 e. The summed E-state index contributed by atoms with van der Waals surface area (Å²) in [6.07, 6.45) is 0. The Morgan fingerprint density at radius 2 is 2.05 bits per heavy atom. The van der Waals surface area contributed by atoms with Crippen molar-refractivity contribution in [3.8, 4) is 0 Å². The average Bonchev–Trinajstić information content (AvgIpc) is 2.33. The van der Waals surface area contributed by atoms with Gasteiger partial charge in [-0.05, 0) is 24.3 Å². The number of carbonyl (C=O) groups excluding carboxylic acids is 1. The van der Waals surface area contributed by atoms with Crippen LogP contribution in [-0.2, 0) is 0 Å². The second-order valence-corrected chi connectivity index (χ2v) is 4.04. The van der Waals surface area contributed by atoms with Gasteiger partial charge in [-0.3, -0.25) is 4.79 Å². The zero-order chi connectivity index (χ0) is 14.0. The largest absolute Gasteiger partial charge is 0.396 e. The molecule has 0 saturated carbocycles. The Hall–Kier alpha value is -2.21. The van der Waals surface area contributed by atoms with Crippen LogP contribution in [0.1, 0.15) is 10.4 Å². The molecule has 0 bridgehead atoms. The lowest BCUT2D eigenvalue weighted by molar-refractivity contribution is 0.102. The lowest BCUT2D eigenvalue weighted by Gasteiger charge is -2.07. The van der Waals surface area contributed by atoms with Crippen molar-refractivity contribution in [1.82, 2.24) is 4.98 Å². The van der Waals surface area contributed by atoms with Crippen LogP contribution in [-0.4, -0.2) is 10.9 Å². The number of pyridine rings is 1. The molecule has 1 amide bonds. The van der Waals surface area contributed by atoms with Crippen molar-refractivity contribution in [2.24, 2.45) is 0 Å². The van der Waals surface area contributed by atoms with E-state index in [4.69, 9.17) is 17.3 Å².